The van der Waals surface area contributed by atoms with Crippen LogP contribution in [0.5, 0.6) is 0 Å². The molecule has 0 bridgehead atoms. The van der Waals surface area contributed by atoms with Crippen molar-refractivity contribution in [1.82, 2.24) is 0 Å². The molecule has 0 saturated carbocycles. The second kappa shape index (κ2) is 4.73. The van der Waals surface area contributed by atoms with E-state index in [0.717, 1.165) is 11.3 Å². The molecule has 1 aliphatic rings. The normalized spacial score (nSPS) is 18.1. The van der Waals surface area contributed by atoms with Crippen LogP contribution in [0.2, 0.25) is 0 Å². The molecule has 1 heterocycles. The molecule has 1 aliphatic heterocycles. The molecule has 0 aliphatic carbocycles. The van der Waals surface area contributed by atoms with E-state index in [-0.39, 0.29) is 11.9 Å². The lowest BCUT2D eigenvalue weighted by Crippen LogP contribution is -2.28. The fourth-order valence-electron chi connectivity index (χ4n) is 2.38. The Hall–Kier alpha value is -2.35. The molecule has 0 saturated heterocycles. The molecule has 1 atom stereocenters. The quantitative estimate of drug-likeness (QED) is 0.795. The highest BCUT2D eigenvalue weighted by Crippen LogP contribution is 2.32. The maximum atomic E-state index is 12.1. The highest BCUT2D eigenvalue weighted by atomic mass is 16.2. The van der Waals surface area contributed by atoms with E-state index < -0.39 is 0 Å². The predicted molar refractivity (Wildman–Crippen MR) is 77.0 cm³/mol. The third-order valence-electron chi connectivity index (χ3n) is 3.39. The fourth-order valence-corrected chi connectivity index (χ4v) is 2.38. The van der Waals surface area contributed by atoms with Crippen LogP contribution in [0.3, 0.4) is 0 Å². The summed E-state index contributed by atoms with van der Waals surface area (Å²) in [5, 5.41) is 0. The van der Waals surface area contributed by atoms with Gasteiger partial charge in [0.25, 0.3) is 5.91 Å². The van der Waals surface area contributed by atoms with Crippen LogP contribution in [0.4, 0.5) is 5.69 Å². The lowest BCUT2D eigenvalue weighted by atomic mass is 10.1. The first-order valence-corrected chi connectivity index (χ1v) is 6.39. The number of hydrogen-bond acceptors (Lipinski definition) is 1. The van der Waals surface area contributed by atoms with Crippen LogP contribution >= 0.6 is 0 Å². The molecule has 1 amide bonds. The number of carbonyl (C=O) groups excluding carboxylic acids is 1. The van der Waals surface area contributed by atoms with Crippen LogP contribution < -0.4 is 4.90 Å². The molecule has 2 aromatic carbocycles. The van der Waals surface area contributed by atoms with Crippen molar-refractivity contribution in [2.24, 2.45) is 0 Å². The van der Waals surface area contributed by atoms with Crippen molar-refractivity contribution in [3.05, 3.63) is 77.9 Å². The van der Waals surface area contributed by atoms with Crippen molar-refractivity contribution >= 4 is 11.6 Å². The van der Waals surface area contributed by atoms with Crippen LogP contribution in [-0.2, 0) is 4.79 Å². The van der Waals surface area contributed by atoms with E-state index >= 15 is 0 Å². The summed E-state index contributed by atoms with van der Waals surface area (Å²) in [6, 6.07) is 18.1. The van der Waals surface area contributed by atoms with Gasteiger partial charge in [0, 0.05) is 11.8 Å². The number of hydrogen-bond donors (Lipinski definition) is 0. The van der Waals surface area contributed by atoms with Gasteiger partial charge in [-0.3, -0.25) is 9.69 Å². The SMILES string of the molecule is Cc1ccc(N2C(=O)C=CC2c2ccccc2)cc1. The molecule has 0 radical (unpaired) electrons. The third kappa shape index (κ3) is 2.17. The van der Waals surface area contributed by atoms with Gasteiger partial charge in [0.1, 0.15) is 0 Å². The van der Waals surface area contributed by atoms with E-state index in [1.54, 1.807) is 6.08 Å². The number of rotatable bonds is 2. The Balaban J connectivity index is 1.99. The first kappa shape index (κ1) is 11.7. The van der Waals surface area contributed by atoms with E-state index in [1.165, 1.54) is 5.56 Å². The lowest BCUT2D eigenvalue weighted by molar-refractivity contribution is -0.113. The number of anilines is 1. The van der Waals surface area contributed by atoms with E-state index in [4.69, 9.17) is 0 Å². The fraction of sp³-hybridized carbons (Fsp3) is 0.118. The van der Waals surface area contributed by atoms with Crippen LogP contribution in [0, 0.1) is 6.92 Å². The summed E-state index contributed by atoms with van der Waals surface area (Å²) >= 11 is 0. The number of carbonyl (C=O) groups is 1. The maximum absolute atomic E-state index is 12.1. The molecule has 0 N–H and O–H groups in total. The summed E-state index contributed by atoms with van der Waals surface area (Å²) in [4.78, 5) is 13.9. The van der Waals surface area contributed by atoms with Crippen LogP contribution in [-0.4, -0.2) is 5.91 Å². The van der Waals surface area contributed by atoms with E-state index in [0.29, 0.717) is 0 Å². The number of aryl methyl sites for hydroxylation is 1. The minimum Gasteiger partial charge on any atom is -0.298 e. The Bertz CT molecular complexity index is 613. The Morgan fingerprint density at radius 2 is 1.63 bits per heavy atom. The summed E-state index contributed by atoms with van der Waals surface area (Å²) in [6.07, 6.45) is 3.61. The molecular weight excluding hydrogens is 234 g/mol. The number of nitrogens with zero attached hydrogens (tertiary/aromatic N) is 1. The topological polar surface area (TPSA) is 20.3 Å². The zero-order valence-corrected chi connectivity index (χ0v) is 10.8. The second-order valence-electron chi connectivity index (χ2n) is 4.76. The lowest BCUT2D eigenvalue weighted by Gasteiger charge is -2.25. The van der Waals surface area contributed by atoms with Gasteiger partial charge in [-0.15, -0.1) is 0 Å². The van der Waals surface area contributed by atoms with Crippen molar-refractivity contribution in [3.63, 3.8) is 0 Å². The van der Waals surface area contributed by atoms with Crippen molar-refractivity contribution in [2.75, 3.05) is 4.90 Å². The van der Waals surface area contributed by atoms with Gasteiger partial charge in [-0.2, -0.15) is 0 Å². The van der Waals surface area contributed by atoms with E-state index in [2.05, 4.69) is 12.1 Å². The number of amides is 1. The first-order chi connectivity index (χ1) is 9.25. The molecule has 3 rings (SSSR count). The van der Waals surface area contributed by atoms with Gasteiger partial charge in [-0.25, -0.2) is 0 Å². The molecule has 94 valence electrons. The molecule has 0 spiro atoms. The first-order valence-electron chi connectivity index (χ1n) is 6.39. The zero-order valence-electron chi connectivity index (χ0n) is 10.8. The predicted octanol–water partition coefficient (Wildman–Crippen LogP) is 3.64. The Labute approximate surface area is 113 Å². The minimum absolute atomic E-state index is 0.00333. The van der Waals surface area contributed by atoms with Crippen molar-refractivity contribution in [2.45, 2.75) is 13.0 Å². The number of benzene rings is 2. The standard InChI is InChI=1S/C17H15NO/c1-13-7-9-15(10-8-13)18-16(11-12-17(18)19)14-5-3-2-4-6-14/h2-12,16H,1H3. The largest absolute Gasteiger partial charge is 0.298 e. The minimum atomic E-state index is -0.00333. The van der Waals surface area contributed by atoms with Crippen LogP contribution in [0.25, 0.3) is 0 Å². The van der Waals surface area contributed by atoms with Gasteiger partial charge in [-0.1, -0.05) is 54.1 Å². The van der Waals surface area contributed by atoms with E-state index in [9.17, 15) is 4.79 Å². The Kier molecular flexibility index (Phi) is 2.92. The molecule has 1 unspecified atom stereocenters. The average Bonchev–Trinajstić information content (AvgIpc) is 2.83. The summed E-state index contributed by atoms with van der Waals surface area (Å²) in [6.45, 7) is 2.04. The van der Waals surface area contributed by atoms with Gasteiger partial charge in [0.05, 0.1) is 6.04 Å². The van der Waals surface area contributed by atoms with Crippen molar-refractivity contribution in [1.29, 1.82) is 0 Å². The summed E-state index contributed by atoms with van der Waals surface area (Å²) in [5.41, 5.74) is 3.26. The monoisotopic (exact) mass is 249 g/mol. The Morgan fingerprint density at radius 1 is 0.947 bits per heavy atom. The average molecular weight is 249 g/mol. The molecule has 2 nitrogen and oxygen atoms in total. The highest BCUT2D eigenvalue weighted by Gasteiger charge is 2.28. The summed E-state index contributed by atoms with van der Waals surface area (Å²) < 4.78 is 0. The van der Waals surface area contributed by atoms with Gasteiger partial charge in [0.15, 0.2) is 0 Å². The van der Waals surface area contributed by atoms with Crippen molar-refractivity contribution in [3.8, 4) is 0 Å². The van der Waals surface area contributed by atoms with Crippen molar-refractivity contribution < 1.29 is 4.79 Å². The van der Waals surface area contributed by atoms with Crippen LogP contribution in [0.1, 0.15) is 17.2 Å². The molecule has 0 aromatic heterocycles. The Morgan fingerprint density at radius 3 is 2.32 bits per heavy atom. The molecular formula is C17H15NO. The van der Waals surface area contributed by atoms with E-state index in [1.807, 2.05) is 60.4 Å². The van der Waals surface area contributed by atoms with Crippen LogP contribution in [0.15, 0.2) is 66.7 Å². The van der Waals surface area contributed by atoms with Gasteiger partial charge in [-0.05, 0) is 24.6 Å². The molecule has 2 heteroatoms. The molecule has 0 fully saturated rings. The zero-order chi connectivity index (χ0) is 13.2. The second-order valence-corrected chi connectivity index (χ2v) is 4.76. The molecule has 19 heavy (non-hydrogen) atoms. The molecule has 2 aromatic rings. The smallest absolute Gasteiger partial charge is 0.251 e. The maximum Gasteiger partial charge on any atom is 0.251 e. The van der Waals surface area contributed by atoms with Gasteiger partial charge in [0.2, 0.25) is 0 Å². The van der Waals surface area contributed by atoms with Gasteiger partial charge >= 0.3 is 0 Å². The summed E-state index contributed by atoms with van der Waals surface area (Å²) in [5.74, 6) is 0.0395. The highest BCUT2D eigenvalue weighted by molar-refractivity contribution is 6.05. The third-order valence-corrected chi connectivity index (χ3v) is 3.39. The van der Waals surface area contributed by atoms with Gasteiger partial charge < -0.3 is 0 Å². The summed E-state index contributed by atoms with van der Waals surface area (Å²) in [7, 11) is 0.